The number of hydrogen-bond donors (Lipinski definition) is 1. The highest BCUT2D eigenvalue weighted by Crippen LogP contribution is 2.18. The largest absolute Gasteiger partial charge is 0.308 e. The molecule has 4 heteroatoms. The Morgan fingerprint density at radius 1 is 1.00 bits per heavy atom. The fourth-order valence-electron chi connectivity index (χ4n) is 2.73. The number of hydrogen-bond acceptors (Lipinski definition) is 2. The molecular weight excluding hydrogens is 306 g/mol. The summed E-state index contributed by atoms with van der Waals surface area (Å²) in [5.74, 6) is 0. The first-order chi connectivity index (χ1) is 11.1. The Morgan fingerprint density at radius 3 is 2.52 bits per heavy atom. The van der Waals surface area contributed by atoms with Gasteiger partial charge in [-0.25, -0.2) is 4.68 Å². The van der Waals surface area contributed by atoms with Crippen molar-refractivity contribution in [1.82, 2.24) is 15.1 Å². The lowest BCUT2D eigenvalue weighted by atomic mass is 10.2. The second kappa shape index (κ2) is 6.99. The van der Waals surface area contributed by atoms with Gasteiger partial charge in [0.05, 0.1) is 11.4 Å². The molecule has 0 aliphatic rings. The van der Waals surface area contributed by atoms with Gasteiger partial charge in [-0.3, -0.25) is 0 Å². The minimum absolute atomic E-state index is 0.772. The van der Waals surface area contributed by atoms with Gasteiger partial charge in [-0.1, -0.05) is 41.9 Å². The number of halogens is 1. The standard InChI is InChI=1S/C19H20ClN3/c1-14-19(13-21-12-16-7-6-8-17(20)11-16)15(2)23(22-14)18-9-4-3-5-10-18/h3-11,21H,12-13H2,1-2H3. The SMILES string of the molecule is Cc1nn(-c2ccccc2)c(C)c1CNCc1cccc(Cl)c1. The highest BCUT2D eigenvalue weighted by atomic mass is 35.5. The molecule has 2 aromatic carbocycles. The summed E-state index contributed by atoms with van der Waals surface area (Å²) in [7, 11) is 0. The Kier molecular flexibility index (Phi) is 4.79. The third-order valence-electron chi connectivity index (χ3n) is 3.96. The molecule has 0 amide bonds. The van der Waals surface area contributed by atoms with Crippen molar-refractivity contribution >= 4 is 11.6 Å². The van der Waals surface area contributed by atoms with E-state index in [1.807, 2.05) is 41.1 Å². The molecule has 0 bridgehead atoms. The zero-order valence-electron chi connectivity index (χ0n) is 13.4. The van der Waals surface area contributed by atoms with Crippen LogP contribution < -0.4 is 5.32 Å². The third-order valence-corrected chi connectivity index (χ3v) is 4.20. The highest BCUT2D eigenvalue weighted by molar-refractivity contribution is 6.30. The van der Waals surface area contributed by atoms with Gasteiger partial charge in [-0.2, -0.15) is 5.10 Å². The maximum absolute atomic E-state index is 6.02. The molecule has 0 aliphatic carbocycles. The van der Waals surface area contributed by atoms with E-state index in [2.05, 4.69) is 42.5 Å². The Hall–Kier alpha value is -2.10. The van der Waals surface area contributed by atoms with E-state index in [0.29, 0.717) is 0 Å². The maximum atomic E-state index is 6.02. The maximum Gasteiger partial charge on any atom is 0.0648 e. The molecule has 0 radical (unpaired) electrons. The number of para-hydroxylation sites is 1. The van der Waals surface area contributed by atoms with Crippen molar-refractivity contribution in [1.29, 1.82) is 0 Å². The molecular formula is C19H20ClN3. The first kappa shape index (κ1) is 15.8. The Morgan fingerprint density at radius 2 is 1.78 bits per heavy atom. The minimum Gasteiger partial charge on any atom is -0.308 e. The molecule has 118 valence electrons. The average Bonchev–Trinajstić information content (AvgIpc) is 2.84. The van der Waals surface area contributed by atoms with Crippen molar-refractivity contribution in [2.24, 2.45) is 0 Å². The molecule has 0 saturated heterocycles. The van der Waals surface area contributed by atoms with Gasteiger partial charge in [-0.05, 0) is 43.7 Å². The van der Waals surface area contributed by atoms with E-state index >= 15 is 0 Å². The molecule has 1 heterocycles. The molecule has 1 N–H and O–H groups in total. The van der Waals surface area contributed by atoms with Gasteiger partial charge in [0.2, 0.25) is 0 Å². The van der Waals surface area contributed by atoms with E-state index in [1.165, 1.54) is 16.8 Å². The molecule has 0 fully saturated rings. The van der Waals surface area contributed by atoms with Gasteiger partial charge in [0.25, 0.3) is 0 Å². The van der Waals surface area contributed by atoms with E-state index in [0.717, 1.165) is 29.5 Å². The Balaban J connectivity index is 1.72. The van der Waals surface area contributed by atoms with Crippen molar-refractivity contribution in [3.05, 3.63) is 82.1 Å². The van der Waals surface area contributed by atoms with Crippen LogP contribution in [0.4, 0.5) is 0 Å². The summed E-state index contributed by atoms with van der Waals surface area (Å²) >= 11 is 6.02. The van der Waals surface area contributed by atoms with E-state index in [1.54, 1.807) is 0 Å². The normalized spacial score (nSPS) is 10.9. The van der Waals surface area contributed by atoms with Crippen molar-refractivity contribution < 1.29 is 0 Å². The van der Waals surface area contributed by atoms with Crippen LogP contribution in [0.25, 0.3) is 5.69 Å². The van der Waals surface area contributed by atoms with Crippen LogP contribution in [0, 0.1) is 13.8 Å². The number of rotatable bonds is 5. The topological polar surface area (TPSA) is 29.9 Å². The van der Waals surface area contributed by atoms with Gasteiger partial charge in [0.1, 0.15) is 0 Å². The summed E-state index contributed by atoms with van der Waals surface area (Å²) in [6.07, 6.45) is 0. The third kappa shape index (κ3) is 3.63. The van der Waals surface area contributed by atoms with Gasteiger partial charge in [0.15, 0.2) is 0 Å². The van der Waals surface area contributed by atoms with Crippen LogP contribution in [0.2, 0.25) is 5.02 Å². The molecule has 0 unspecified atom stereocenters. The molecule has 0 spiro atoms. The summed E-state index contributed by atoms with van der Waals surface area (Å²) in [4.78, 5) is 0. The number of nitrogens with zero attached hydrogens (tertiary/aromatic N) is 2. The van der Waals surface area contributed by atoms with Crippen LogP contribution in [0.5, 0.6) is 0 Å². The quantitative estimate of drug-likeness (QED) is 0.752. The van der Waals surface area contributed by atoms with Gasteiger partial charge >= 0.3 is 0 Å². The predicted molar refractivity (Wildman–Crippen MR) is 95.0 cm³/mol. The van der Waals surface area contributed by atoms with E-state index in [4.69, 9.17) is 11.6 Å². The monoisotopic (exact) mass is 325 g/mol. The predicted octanol–water partition coefficient (Wildman–Crippen LogP) is 4.43. The van der Waals surface area contributed by atoms with Crippen LogP contribution in [0.3, 0.4) is 0 Å². The lowest BCUT2D eigenvalue weighted by molar-refractivity contribution is 0.687. The molecule has 3 rings (SSSR count). The summed E-state index contributed by atoms with van der Waals surface area (Å²) in [5.41, 5.74) is 5.76. The number of nitrogens with one attached hydrogen (secondary N) is 1. The number of aryl methyl sites for hydroxylation is 1. The summed E-state index contributed by atoms with van der Waals surface area (Å²) < 4.78 is 2.01. The first-order valence-corrected chi connectivity index (χ1v) is 8.08. The highest BCUT2D eigenvalue weighted by Gasteiger charge is 2.12. The lowest BCUT2D eigenvalue weighted by Gasteiger charge is -2.07. The summed E-state index contributed by atoms with van der Waals surface area (Å²) in [5, 5.41) is 8.93. The molecule has 0 saturated carbocycles. The molecule has 1 aromatic heterocycles. The first-order valence-electron chi connectivity index (χ1n) is 7.71. The molecule has 23 heavy (non-hydrogen) atoms. The summed E-state index contributed by atoms with van der Waals surface area (Å²) in [6.45, 7) is 5.75. The second-order valence-corrected chi connectivity index (χ2v) is 6.07. The number of benzene rings is 2. The van der Waals surface area contributed by atoms with E-state index < -0.39 is 0 Å². The van der Waals surface area contributed by atoms with Gasteiger partial charge < -0.3 is 5.32 Å². The van der Waals surface area contributed by atoms with Crippen LogP contribution in [-0.4, -0.2) is 9.78 Å². The fourth-order valence-corrected chi connectivity index (χ4v) is 2.94. The summed E-state index contributed by atoms with van der Waals surface area (Å²) in [6, 6.07) is 18.2. The van der Waals surface area contributed by atoms with Crippen LogP contribution in [-0.2, 0) is 13.1 Å². The van der Waals surface area contributed by atoms with Crippen molar-refractivity contribution in [3.63, 3.8) is 0 Å². The molecule has 3 aromatic rings. The smallest absolute Gasteiger partial charge is 0.0648 e. The average molecular weight is 326 g/mol. The van der Waals surface area contributed by atoms with Gasteiger partial charge in [-0.15, -0.1) is 0 Å². The minimum atomic E-state index is 0.772. The van der Waals surface area contributed by atoms with Crippen LogP contribution >= 0.6 is 11.6 Å². The lowest BCUT2D eigenvalue weighted by Crippen LogP contribution is -2.14. The zero-order chi connectivity index (χ0) is 16.2. The van der Waals surface area contributed by atoms with E-state index in [9.17, 15) is 0 Å². The number of aromatic nitrogens is 2. The zero-order valence-corrected chi connectivity index (χ0v) is 14.1. The fraction of sp³-hybridized carbons (Fsp3) is 0.211. The Bertz CT molecular complexity index is 794. The van der Waals surface area contributed by atoms with Crippen LogP contribution in [0.15, 0.2) is 54.6 Å². The van der Waals surface area contributed by atoms with Crippen molar-refractivity contribution in [3.8, 4) is 5.69 Å². The Labute approximate surface area is 141 Å². The molecule has 0 atom stereocenters. The van der Waals surface area contributed by atoms with Crippen molar-refractivity contribution in [2.75, 3.05) is 0 Å². The van der Waals surface area contributed by atoms with Gasteiger partial charge in [0, 0.05) is 29.4 Å². The van der Waals surface area contributed by atoms with Crippen molar-refractivity contribution in [2.45, 2.75) is 26.9 Å². The van der Waals surface area contributed by atoms with E-state index in [-0.39, 0.29) is 0 Å². The molecule has 3 nitrogen and oxygen atoms in total. The second-order valence-electron chi connectivity index (χ2n) is 5.63. The van der Waals surface area contributed by atoms with Crippen LogP contribution in [0.1, 0.15) is 22.5 Å². The molecule has 0 aliphatic heterocycles.